The van der Waals surface area contributed by atoms with E-state index in [1.807, 2.05) is 61.5 Å². The van der Waals surface area contributed by atoms with Gasteiger partial charge in [0.05, 0.1) is 18.8 Å². The number of carbonyl (C=O) groups excluding carboxylic acids is 1. The van der Waals surface area contributed by atoms with E-state index in [4.69, 9.17) is 16.3 Å². The third-order valence-electron chi connectivity index (χ3n) is 5.64. The van der Waals surface area contributed by atoms with E-state index in [1.54, 1.807) is 18.2 Å². The van der Waals surface area contributed by atoms with Crippen LogP contribution in [0.4, 0.5) is 0 Å². The van der Waals surface area contributed by atoms with Crippen LogP contribution in [-0.4, -0.2) is 40.2 Å². The Bertz CT molecular complexity index is 1580. The minimum absolute atomic E-state index is 0.00756. The Labute approximate surface area is 212 Å². The number of aryl methyl sites for hydroxylation is 1. The van der Waals surface area contributed by atoms with Crippen molar-refractivity contribution >= 4 is 46.5 Å². The molecule has 0 bridgehead atoms. The van der Waals surface area contributed by atoms with Crippen molar-refractivity contribution < 1.29 is 14.6 Å². The van der Waals surface area contributed by atoms with Crippen LogP contribution in [0.1, 0.15) is 22.3 Å². The van der Waals surface area contributed by atoms with Crippen molar-refractivity contribution in [2.45, 2.75) is 6.92 Å². The van der Waals surface area contributed by atoms with Gasteiger partial charge in [0.25, 0.3) is 5.91 Å². The molecule has 0 unspecified atom stereocenters. The van der Waals surface area contributed by atoms with Crippen molar-refractivity contribution in [3.8, 4) is 11.5 Å². The summed E-state index contributed by atoms with van der Waals surface area (Å²) in [5, 5.41) is 16.8. The lowest BCUT2D eigenvalue weighted by Gasteiger charge is -2.12. The Kier molecular flexibility index (Phi) is 6.23. The smallest absolute Gasteiger partial charge is 0.298 e. The second-order valence-electron chi connectivity index (χ2n) is 8.19. The maximum absolute atomic E-state index is 13.4. The lowest BCUT2D eigenvalue weighted by atomic mass is 10.1. The fourth-order valence-electron chi connectivity index (χ4n) is 3.83. The molecule has 1 aromatic heterocycles. The van der Waals surface area contributed by atoms with Crippen molar-refractivity contribution in [2.24, 2.45) is 10.1 Å². The van der Waals surface area contributed by atoms with E-state index in [1.165, 1.54) is 24.4 Å². The van der Waals surface area contributed by atoms with E-state index < -0.39 is 5.91 Å². The van der Waals surface area contributed by atoms with Crippen molar-refractivity contribution in [1.82, 2.24) is 9.99 Å². The number of fused-ring (bicyclic) bond motifs is 1. The van der Waals surface area contributed by atoms with Gasteiger partial charge in [0.2, 0.25) is 0 Å². The first kappa shape index (κ1) is 23.3. The molecular weight excluding hydrogens is 476 g/mol. The lowest BCUT2D eigenvalue weighted by molar-refractivity contribution is -0.122. The van der Waals surface area contributed by atoms with Crippen LogP contribution < -0.4 is 4.74 Å². The van der Waals surface area contributed by atoms with Gasteiger partial charge in [-0.25, -0.2) is 9.98 Å². The van der Waals surface area contributed by atoms with Crippen LogP contribution in [-0.2, 0) is 4.79 Å². The molecular formula is C28H21ClN4O3. The Morgan fingerprint density at radius 2 is 1.86 bits per heavy atom. The summed E-state index contributed by atoms with van der Waals surface area (Å²) in [6, 6.07) is 21.9. The van der Waals surface area contributed by atoms with Gasteiger partial charge in [0.15, 0.2) is 17.3 Å². The van der Waals surface area contributed by atoms with E-state index in [9.17, 15) is 9.90 Å². The average molecular weight is 497 g/mol. The molecule has 0 spiro atoms. The summed E-state index contributed by atoms with van der Waals surface area (Å²) in [7, 11) is 1.46. The highest BCUT2D eigenvalue weighted by Gasteiger charge is 2.31. The van der Waals surface area contributed by atoms with Crippen LogP contribution in [0.5, 0.6) is 11.5 Å². The zero-order chi connectivity index (χ0) is 25.2. The number of carbonyl (C=O) groups is 1. The normalized spacial score (nSPS) is 14.8. The predicted octanol–water partition coefficient (Wildman–Crippen LogP) is 5.57. The van der Waals surface area contributed by atoms with Gasteiger partial charge in [0.1, 0.15) is 10.9 Å². The highest BCUT2D eigenvalue weighted by molar-refractivity contribution is 6.32. The summed E-state index contributed by atoms with van der Waals surface area (Å²) in [6.07, 6.45) is 3.13. The Hall–Kier alpha value is -4.49. The molecule has 0 saturated carbocycles. The number of nitrogens with zero attached hydrogens (tertiary/aromatic N) is 4. The van der Waals surface area contributed by atoms with Crippen molar-refractivity contribution in [3.05, 3.63) is 106 Å². The predicted molar refractivity (Wildman–Crippen MR) is 142 cm³/mol. The number of amides is 1. The summed E-state index contributed by atoms with van der Waals surface area (Å²) < 4.78 is 5.17. The summed E-state index contributed by atoms with van der Waals surface area (Å²) in [5.41, 5.74) is 4.03. The van der Waals surface area contributed by atoms with E-state index in [0.717, 1.165) is 22.0 Å². The second-order valence-corrected chi connectivity index (χ2v) is 8.55. The van der Waals surface area contributed by atoms with Gasteiger partial charge in [-0.3, -0.25) is 4.79 Å². The minimum atomic E-state index is -0.405. The number of pyridine rings is 1. The fraction of sp³-hybridized carbons (Fsp3) is 0.0714. The van der Waals surface area contributed by atoms with E-state index in [0.29, 0.717) is 22.7 Å². The number of aromatic hydroxyl groups is 1. The number of aliphatic imine (C=N–C) groups is 1. The van der Waals surface area contributed by atoms with Gasteiger partial charge >= 0.3 is 0 Å². The first-order valence-corrected chi connectivity index (χ1v) is 11.5. The van der Waals surface area contributed by atoms with Crippen LogP contribution in [0, 0.1) is 6.92 Å². The van der Waals surface area contributed by atoms with Gasteiger partial charge < -0.3 is 9.84 Å². The SMILES string of the molecule is COc1cc(/C=C2\N=C(c3ccccc3)N(/N=C/c3cc4cc(C)ccc4nc3Cl)C2=O)ccc1O. The molecule has 7 nitrogen and oxygen atoms in total. The fourth-order valence-corrected chi connectivity index (χ4v) is 4.02. The number of phenolic OH excluding ortho intramolecular Hbond substituents is 1. The van der Waals surface area contributed by atoms with Gasteiger partial charge in [-0.15, -0.1) is 0 Å². The van der Waals surface area contributed by atoms with Gasteiger partial charge in [-0.05, 0) is 48.9 Å². The van der Waals surface area contributed by atoms with E-state index in [2.05, 4.69) is 15.1 Å². The highest BCUT2D eigenvalue weighted by atomic mass is 35.5. The largest absolute Gasteiger partial charge is 0.504 e. The van der Waals surface area contributed by atoms with E-state index in [-0.39, 0.29) is 16.6 Å². The molecule has 1 aliphatic rings. The third-order valence-corrected chi connectivity index (χ3v) is 5.94. The summed E-state index contributed by atoms with van der Waals surface area (Å²) >= 11 is 6.42. The molecule has 8 heteroatoms. The summed E-state index contributed by atoms with van der Waals surface area (Å²) in [4.78, 5) is 22.4. The number of amidine groups is 1. The maximum Gasteiger partial charge on any atom is 0.298 e. The van der Waals surface area contributed by atoms with Gasteiger partial charge in [0, 0.05) is 16.5 Å². The number of hydrazone groups is 1. The molecule has 1 aliphatic heterocycles. The molecule has 178 valence electrons. The Balaban J connectivity index is 1.54. The number of methoxy groups -OCH3 is 1. The van der Waals surface area contributed by atoms with Crippen molar-refractivity contribution in [2.75, 3.05) is 7.11 Å². The number of benzene rings is 3. The van der Waals surface area contributed by atoms with Gasteiger partial charge in [-0.1, -0.05) is 59.6 Å². The molecule has 0 saturated heterocycles. The standard InChI is InChI=1S/C28H21ClN4O3/c1-17-8-10-22-20(12-17)15-21(26(29)31-22)16-30-33-27(19-6-4-3-5-7-19)32-23(28(33)35)13-18-9-11-24(34)25(14-18)36-2/h3-16,34H,1-2H3/b23-13-,30-16+. The first-order chi connectivity index (χ1) is 17.4. The van der Waals surface area contributed by atoms with Gasteiger partial charge in [-0.2, -0.15) is 10.1 Å². The third kappa shape index (κ3) is 4.56. The highest BCUT2D eigenvalue weighted by Crippen LogP contribution is 2.29. The maximum atomic E-state index is 13.4. The molecule has 1 amide bonds. The second kappa shape index (κ2) is 9.64. The lowest BCUT2D eigenvalue weighted by Crippen LogP contribution is -2.27. The molecule has 3 aromatic carbocycles. The minimum Gasteiger partial charge on any atom is -0.504 e. The van der Waals surface area contributed by atoms with Crippen molar-refractivity contribution in [3.63, 3.8) is 0 Å². The molecule has 0 aliphatic carbocycles. The van der Waals surface area contributed by atoms with Crippen LogP contribution >= 0.6 is 11.6 Å². The van der Waals surface area contributed by atoms with Crippen molar-refractivity contribution in [1.29, 1.82) is 0 Å². The van der Waals surface area contributed by atoms with Crippen LogP contribution in [0.15, 0.2) is 88.6 Å². The Morgan fingerprint density at radius 3 is 2.64 bits per heavy atom. The molecule has 0 atom stereocenters. The average Bonchev–Trinajstić information content (AvgIpc) is 3.19. The molecule has 0 fully saturated rings. The van der Waals surface area contributed by atoms with E-state index >= 15 is 0 Å². The number of rotatable bonds is 5. The number of halogens is 1. The first-order valence-electron chi connectivity index (χ1n) is 11.1. The summed E-state index contributed by atoms with van der Waals surface area (Å²) in [5.74, 6) is 0.284. The molecule has 2 heterocycles. The number of phenols is 1. The molecule has 0 radical (unpaired) electrons. The number of aromatic nitrogens is 1. The molecule has 1 N–H and O–H groups in total. The quantitative estimate of drug-likeness (QED) is 0.222. The summed E-state index contributed by atoms with van der Waals surface area (Å²) in [6.45, 7) is 2.00. The van der Waals surface area contributed by atoms with Crippen LogP contribution in [0.25, 0.3) is 17.0 Å². The number of hydrogen-bond acceptors (Lipinski definition) is 6. The topological polar surface area (TPSA) is 87.4 Å². The Morgan fingerprint density at radius 1 is 1.06 bits per heavy atom. The van der Waals surface area contributed by atoms with Crippen LogP contribution in [0.2, 0.25) is 5.15 Å². The zero-order valence-corrected chi connectivity index (χ0v) is 20.3. The zero-order valence-electron chi connectivity index (χ0n) is 19.5. The van der Waals surface area contributed by atoms with Crippen LogP contribution in [0.3, 0.4) is 0 Å². The molecule has 36 heavy (non-hydrogen) atoms. The molecule has 4 aromatic rings. The monoisotopic (exact) mass is 496 g/mol. The number of hydrogen-bond donors (Lipinski definition) is 1. The number of ether oxygens (including phenoxy) is 1. The molecule has 5 rings (SSSR count).